The van der Waals surface area contributed by atoms with E-state index in [1.165, 1.54) is 16.4 Å². The van der Waals surface area contributed by atoms with E-state index in [4.69, 9.17) is 23.2 Å². The molecule has 1 aromatic rings. The summed E-state index contributed by atoms with van der Waals surface area (Å²) in [4.78, 5) is 0.0297. The fraction of sp³-hybridized carbons (Fsp3) is 0.455. The lowest BCUT2D eigenvalue weighted by Crippen LogP contribution is -2.30. The third-order valence-electron chi connectivity index (χ3n) is 3.03. The van der Waals surface area contributed by atoms with Crippen LogP contribution in [0.5, 0.6) is 0 Å². The zero-order valence-electron chi connectivity index (χ0n) is 9.81. The smallest absolute Gasteiger partial charge is 0.244 e. The molecular weight excluding hydrogens is 377 g/mol. The maximum Gasteiger partial charge on any atom is 0.244 e. The Bertz CT molecular complexity index is 594. The van der Waals surface area contributed by atoms with Crippen LogP contribution in [-0.4, -0.2) is 37.0 Å². The lowest BCUT2D eigenvalue weighted by Gasteiger charge is -2.18. The lowest BCUT2D eigenvalue weighted by molar-refractivity contribution is 0.189. The zero-order chi connectivity index (χ0) is 14.2. The minimum absolute atomic E-state index is 0.0297. The van der Waals surface area contributed by atoms with E-state index in [0.29, 0.717) is 28.9 Å². The van der Waals surface area contributed by atoms with Gasteiger partial charge in [0, 0.05) is 29.0 Å². The van der Waals surface area contributed by atoms with E-state index in [1.54, 1.807) is 0 Å². The van der Waals surface area contributed by atoms with Gasteiger partial charge in [0.2, 0.25) is 10.0 Å². The summed E-state index contributed by atoms with van der Waals surface area (Å²) in [5, 5.41) is 10.4. The Kier molecular flexibility index (Phi) is 4.80. The quantitative estimate of drug-likeness (QED) is 0.809. The van der Waals surface area contributed by atoms with E-state index in [0.717, 1.165) is 0 Å². The molecule has 0 saturated carbocycles. The van der Waals surface area contributed by atoms with Crippen LogP contribution in [0.1, 0.15) is 12.0 Å². The van der Waals surface area contributed by atoms with Crippen LogP contribution in [0.2, 0.25) is 10.0 Å². The number of aliphatic hydroxyl groups excluding tert-OH is 1. The third kappa shape index (κ3) is 2.94. The average Bonchev–Trinajstić information content (AvgIpc) is 2.77. The fourth-order valence-electron chi connectivity index (χ4n) is 1.97. The fourth-order valence-corrected chi connectivity index (χ4v) is 5.25. The molecule has 8 heteroatoms. The van der Waals surface area contributed by atoms with Crippen molar-refractivity contribution in [1.29, 1.82) is 0 Å². The molecule has 0 aliphatic carbocycles. The average molecular weight is 389 g/mol. The van der Waals surface area contributed by atoms with Gasteiger partial charge < -0.3 is 5.11 Å². The van der Waals surface area contributed by atoms with Crippen molar-refractivity contribution in [1.82, 2.24) is 4.31 Å². The number of nitrogens with zero attached hydrogens (tertiary/aromatic N) is 1. The summed E-state index contributed by atoms with van der Waals surface area (Å²) in [6.45, 7) is 0.400. The Morgan fingerprint density at radius 1 is 1.42 bits per heavy atom. The molecule has 106 valence electrons. The standard InChI is InChI=1S/C11H12BrCl2NO3S/c12-5-8-9(13)1-2-10(11(8)14)19(17,18)15-4-3-7(16)6-15/h1-2,7,16H,3-6H2/t7-/m1/s1. The minimum atomic E-state index is -3.69. The topological polar surface area (TPSA) is 57.6 Å². The summed E-state index contributed by atoms with van der Waals surface area (Å²) >= 11 is 15.3. The summed E-state index contributed by atoms with van der Waals surface area (Å²) in [7, 11) is -3.69. The van der Waals surface area contributed by atoms with Crippen LogP contribution in [0.3, 0.4) is 0 Å². The van der Waals surface area contributed by atoms with Crippen LogP contribution in [0.25, 0.3) is 0 Å². The van der Waals surface area contributed by atoms with E-state index >= 15 is 0 Å². The predicted molar refractivity (Wildman–Crippen MR) is 78.5 cm³/mol. The summed E-state index contributed by atoms with van der Waals surface area (Å²) in [5.41, 5.74) is 0.546. The molecule has 1 aromatic carbocycles. The number of sulfonamides is 1. The van der Waals surface area contributed by atoms with E-state index in [-0.39, 0.29) is 16.5 Å². The molecule has 1 saturated heterocycles. The number of halogens is 3. The number of alkyl halides is 1. The number of rotatable bonds is 3. The Labute approximate surface area is 130 Å². The van der Waals surface area contributed by atoms with Crippen LogP contribution in [0.15, 0.2) is 17.0 Å². The van der Waals surface area contributed by atoms with Gasteiger partial charge in [0.15, 0.2) is 0 Å². The normalized spacial score (nSPS) is 20.9. The highest BCUT2D eigenvalue weighted by atomic mass is 79.9. The van der Waals surface area contributed by atoms with Gasteiger partial charge >= 0.3 is 0 Å². The van der Waals surface area contributed by atoms with Crippen molar-refractivity contribution in [2.75, 3.05) is 13.1 Å². The first-order chi connectivity index (χ1) is 8.87. The summed E-state index contributed by atoms with van der Waals surface area (Å²) < 4.78 is 26.1. The number of hydrogen-bond donors (Lipinski definition) is 1. The summed E-state index contributed by atoms with van der Waals surface area (Å²) in [6, 6.07) is 2.92. The first kappa shape index (κ1) is 15.5. The molecule has 0 unspecified atom stereocenters. The maximum absolute atomic E-state index is 12.5. The number of hydrogen-bond acceptors (Lipinski definition) is 3. The Balaban J connectivity index is 2.47. The number of β-amino-alcohol motifs (C(OH)–C–C–N with tert-alkyl or cyclic N) is 1. The van der Waals surface area contributed by atoms with Gasteiger partial charge in [-0.15, -0.1) is 0 Å². The molecule has 1 N–H and O–H groups in total. The van der Waals surface area contributed by atoms with Crippen molar-refractivity contribution in [2.45, 2.75) is 22.8 Å². The van der Waals surface area contributed by atoms with Gasteiger partial charge in [-0.1, -0.05) is 39.1 Å². The van der Waals surface area contributed by atoms with Crippen molar-refractivity contribution in [3.05, 3.63) is 27.7 Å². The molecule has 0 amide bonds. The molecule has 1 atom stereocenters. The van der Waals surface area contributed by atoms with Crippen molar-refractivity contribution in [3.63, 3.8) is 0 Å². The van der Waals surface area contributed by atoms with Crippen LogP contribution in [0.4, 0.5) is 0 Å². The maximum atomic E-state index is 12.5. The third-order valence-corrected chi connectivity index (χ3v) is 6.39. The zero-order valence-corrected chi connectivity index (χ0v) is 13.7. The Hall–Kier alpha value is 0.150. The Morgan fingerprint density at radius 3 is 2.63 bits per heavy atom. The Morgan fingerprint density at radius 2 is 2.11 bits per heavy atom. The van der Waals surface area contributed by atoms with Crippen molar-refractivity contribution < 1.29 is 13.5 Å². The van der Waals surface area contributed by atoms with Gasteiger partial charge in [-0.2, -0.15) is 4.31 Å². The van der Waals surface area contributed by atoms with Crippen LogP contribution in [-0.2, 0) is 15.4 Å². The van der Waals surface area contributed by atoms with Gasteiger partial charge in [0.25, 0.3) is 0 Å². The van der Waals surface area contributed by atoms with Gasteiger partial charge in [0.1, 0.15) is 4.90 Å². The van der Waals surface area contributed by atoms with Crippen LogP contribution >= 0.6 is 39.1 Å². The molecule has 1 fully saturated rings. The number of aliphatic hydroxyl groups is 1. The first-order valence-electron chi connectivity index (χ1n) is 5.59. The summed E-state index contributed by atoms with van der Waals surface area (Å²) in [6.07, 6.45) is -0.174. The van der Waals surface area contributed by atoms with Crippen LogP contribution in [0, 0.1) is 0 Å². The molecule has 2 rings (SSSR count). The molecule has 0 bridgehead atoms. The second kappa shape index (κ2) is 5.87. The van der Waals surface area contributed by atoms with Crippen molar-refractivity contribution >= 4 is 49.2 Å². The second-order valence-electron chi connectivity index (χ2n) is 4.28. The van der Waals surface area contributed by atoms with Crippen LogP contribution < -0.4 is 0 Å². The van der Waals surface area contributed by atoms with Crippen molar-refractivity contribution in [3.8, 4) is 0 Å². The van der Waals surface area contributed by atoms with Gasteiger partial charge in [-0.3, -0.25) is 0 Å². The highest BCUT2D eigenvalue weighted by Crippen LogP contribution is 2.34. The highest BCUT2D eigenvalue weighted by Gasteiger charge is 2.33. The van der Waals surface area contributed by atoms with E-state index in [9.17, 15) is 13.5 Å². The number of benzene rings is 1. The van der Waals surface area contributed by atoms with Gasteiger partial charge in [-0.25, -0.2) is 8.42 Å². The van der Waals surface area contributed by atoms with E-state index in [1.807, 2.05) is 0 Å². The molecule has 1 aliphatic heterocycles. The molecule has 1 aliphatic rings. The highest BCUT2D eigenvalue weighted by molar-refractivity contribution is 9.08. The largest absolute Gasteiger partial charge is 0.392 e. The first-order valence-corrected chi connectivity index (χ1v) is 8.90. The van der Waals surface area contributed by atoms with Gasteiger partial charge in [0.05, 0.1) is 11.1 Å². The van der Waals surface area contributed by atoms with E-state index in [2.05, 4.69) is 15.9 Å². The molecule has 19 heavy (non-hydrogen) atoms. The molecule has 0 radical (unpaired) electrons. The van der Waals surface area contributed by atoms with Gasteiger partial charge in [-0.05, 0) is 18.6 Å². The van der Waals surface area contributed by atoms with E-state index < -0.39 is 16.1 Å². The second-order valence-corrected chi connectivity index (χ2v) is 7.53. The molecule has 4 nitrogen and oxygen atoms in total. The predicted octanol–water partition coefficient (Wildman–Crippen LogP) is 2.64. The molecule has 0 aromatic heterocycles. The van der Waals surface area contributed by atoms with Crippen molar-refractivity contribution in [2.24, 2.45) is 0 Å². The minimum Gasteiger partial charge on any atom is -0.392 e. The molecule has 0 spiro atoms. The molecule has 1 heterocycles. The monoisotopic (exact) mass is 387 g/mol. The lowest BCUT2D eigenvalue weighted by atomic mass is 10.2. The molecular formula is C11H12BrCl2NO3S. The summed E-state index contributed by atoms with van der Waals surface area (Å²) in [5.74, 6) is 0. The SMILES string of the molecule is O=S(=O)(c1ccc(Cl)c(CBr)c1Cl)N1CC[C@@H](O)C1.